The molecule has 0 saturated heterocycles. The van der Waals surface area contributed by atoms with Gasteiger partial charge in [-0.2, -0.15) is 0 Å². The van der Waals surface area contributed by atoms with Gasteiger partial charge in [0.1, 0.15) is 0 Å². The lowest BCUT2D eigenvalue weighted by Gasteiger charge is -2.05. The SMILES string of the molecule is CCc1ccc(-c2ccccc2S)cc1. The molecule has 0 spiro atoms. The number of thiol groups is 1. The molecule has 2 rings (SSSR count). The van der Waals surface area contributed by atoms with E-state index in [1.54, 1.807) is 0 Å². The second kappa shape index (κ2) is 4.54. The number of benzene rings is 2. The smallest absolute Gasteiger partial charge is 0.0119 e. The van der Waals surface area contributed by atoms with Gasteiger partial charge in [0.2, 0.25) is 0 Å². The topological polar surface area (TPSA) is 0 Å². The second-order valence-corrected chi connectivity index (χ2v) is 4.05. The Hall–Kier alpha value is -1.21. The largest absolute Gasteiger partial charge is 0.143 e. The summed E-state index contributed by atoms with van der Waals surface area (Å²) in [4.78, 5) is 1.03. The fourth-order valence-corrected chi connectivity index (χ4v) is 1.93. The van der Waals surface area contributed by atoms with Crippen molar-refractivity contribution in [3.63, 3.8) is 0 Å². The highest BCUT2D eigenvalue weighted by molar-refractivity contribution is 7.80. The predicted octanol–water partition coefficient (Wildman–Crippen LogP) is 4.20. The van der Waals surface area contributed by atoms with E-state index < -0.39 is 0 Å². The maximum Gasteiger partial charge on any atom is 0.0119 e. The molecule has 0 aromatic heterocycles. The third-order valence-electron chi connectivity index (χ3n) is 2.58. The fourth-order valence-electron chi connectivity index (χ4n) is 1.64. The summed E-state index contributed by atoms with van der Waals surface area (Å²) in [6.07, 6.45) is 1.09. The third-order valence-corrected chi connectivity index (χ3v) is 2.97. The van der Waals surface area contributed by atoms with Crippen molar-refractivity contribution < 1.29 is 0 Å². The molecule has 0 N–H and O–H groups in total. The molecule has 0 nitrogen and oxygen atoms in total. The van der Waals surface area contributed by atoms with E-state index in [1.807, 2.05) is 18.2 Å². The molecule has 0 saturated carbocycles. The van der Waals surface area contributed by atoms with E-state index in [0.29, 0.717) is 0 Å². The van der Waals surface area contributed by atoms with E-state index in [-0.39, 0.29) is 0 Å². The molecule has 0 unspecified atom stereocenters. The number of aryl methyl sites for hydroxylation is 1. The van der Waals surface area contributed by atoms with E-state index in [4.69, 9.17) is 0 Å². The van der Waals surface area contributed by atoms with Gasteiger partial charge < -0.3 is 0 Å². The first kappa shape index (κ1) is 10.3. The highest BCUT2D eigenvalue weighted by Crippen LogP contribution is 2.26. The molecule has 0 atom stereocenters. The lowest BCUT2D eigenvalue weighted by atomic mass is 10.0. The van der Waals surface area contributed by atoms with Crippen LogP contribution in [0.3, 0.4) is 0 Å². The summed E-state index contributed by atoms with van der Waals surface area (Å²) in [7, 11) is 0. The molecule has 15 heavy (non-hydrogen) atoms. The maximum atomic E-state index is 4.46. The molecule has 0 aliphatic heterocycles. The molecule has 76 valence electrons. The molecule has 0 radical (unpaired) electrons. The van der Waals surface area contributed by atoms with Crippen LogP contribution >= 0.6 is 12.6 Å². The van der Waals surface area contributed by atoms with Crippen LogP contribution < -0.4 is 0 Å². The molecular formula is C14H14S. The molecule has 0 amide bonds. The first-order valence-corrected chi connectivity index (χ1v) is 5.63. The van der Waals surface area contributed by atoms with Gasteiger partial charge in [-0.15, -0.1) is 12.6 Å². The van der Waals surface area contributed by atoms with Crippen LogP contribution in [0.1, 0.15) is 12.5 Å². The Labute approximate surface area is 96.4 Å². The monoisotopic (exact) mass is 214 g/mol. The summed E-state index contributed by atoms with van der Waals surface area (Å²) in [6, 6.07) is 16.8. The van der Waals surface area contributed by atoms with Crippen LogP contribution in [-0.2, 0) is 6.42 Å². The zero-order valence-electron chi connectivity index (χ0n) is 8.77. The van der Waals surface area contributed by atoms with Crippen molar-refractivity contribution in [2.45, 2.75) is 18.2 Å². The lowest BCUT2D eigenvalue weighted by molar-refractivity contribution is 1.14. The summed E-state index contributed by atoms with van der Waals surface area (Å²) in [5, 5.41) is 0. The Morgan fingerprint density at radius 3 is 2.20 bits per heavy atom. The number of hydrogen-bond donors (Lipinski definition) is 1. The standard InChI is InChI=1S/C14H14S/c1-2-11-7-9-12(10-8-11)13-5-3-4-6-14(13)15/h3-10,15H,2H2,1H3. The van der Waals surface area contributed by atoms with Crippen molar-refractivity contribution in [3.8, 4) is 11.1 Å². The summed E-state index contributed by atoms with van der Waals surface area (Å²) >= 11 is 4.46. The van der Waals surface area contributed by atoms with Crippen LogP contribution in [0.25, 0.3) is 11.1 Å². The van der Waals surface area contributed by atoms with Gasteiger partial charge >= 0.3 is 0 Å². The van der Waals surface area contributed by atoms with Crippen molar-refractivity contribution in [2.75, 3.05) is 0 Å². The first-order chi connectivity index (χ1) is 7.31. The average Bonchev–Trinajstić information content (AvgIpc) is 2.30. The zero-order chi connectivity index (χ0) is 10.7. The van der Waals surface area contributed by atoms with Gasteiger partial charge in [-0.3, -0.25) is 0 Å². The minimum atomic E-state index is 1.03. The summed E-state index contributed by atoms with van der Waals surface area (Å²) in [5.41, 5.74) is 3.80. The normalized spacial score (nSPS) is 10.3. The van der Waals surface area contributed by atoms with Crippen molar-refractivity contribution in [2.24, 2.45) is 0 Å². The quantitative estimate of drug-likeness (QED) is 0.711. The van der Waals surface area contributed by atoms with E-state index in [9.17, 15) is 0 Å². The van der Waals surface area contributed by atoms with Crippen LogP contribution in [0.4, 0.5) is 0 Å². The van der Waals surface area contributed by atoms with Crippen molar-refractivity contribution >= 4 is 12.6 Å². The molecule has 2 aromatic carbocycles. The lowest BCUT2D eigenvalue weighted by Crippen LogP contribution is -1.82. The van der Waals surface area contributed by atoms with Crippen molar-refractivity contribution in [1.29, 1.82) is 0 Å². The molecule has 0 fully saturated rings. The summed E-state index contributed by atoms with van der Waals surface area (Å²) in [6.45, 7) is 2.17. The minimum Gasteiger partial charge on any atom is -0.143 e. The first-order valence-electron chi connectivity index (χ1n) is 5.18. The van der Waals surface area contributed by atoms with E-state index >= 15 is 0 Å². The Balaban J connectivity index is 2.42. The minimum absolute atomic E-state index is 1.03. The molecule has 0 heterocycles. The van der Waals surface area contributed by atoms with Gasteiger partial charge in [0.25, 0.3) is 0 Å². The van der Waals surface area contributed by atoms with Gasteiger partial charge in [0.05, 0.1) is 0 Å². The van der Waals surface area contributed by atoms with E-state index in [0.717, 1.165) is 11.3 Å². The molecular weight excluding hydrogens is 200 g/mol. The Kier molecular flexibility index (Phi) is 3.12. The molecule has 0 aliphatic rings. The van der Waals surface area contributed by atoms with Crippen LogP contribution in [-0.4, -0.2) is 0 Å². The van der Waals surface area contributed by atoms with E-state index in [2.05, 4.69) is 49.9 Å². The predicted molar refractivity (Wildman–Crippen MR) is 68.5 cm³/mol. The van der Waals surface area contributed by atoms with Crippen molar-refractivity contribution in [3.05, 3.63) is 54.1 Å². The van der Waals surface area contributed by atoms with E-state index in [1.165, 1.54) is 16.7 Å². The molecule has 0 bridgehead atoms. The maximum absolute atomic E-state index is 4.46. The summed E-state index contributed by atoms with van der Waals surface area (Å²) < 4.78 is 0. The Bertz CT molecular complexity index is 443. The number of rotatable bonds is 2. The van der Waals surface area contributed by atoms with Crippen LogP contribution in [0.2, 0.25) is 0 Å². The van der Waals surface area contributed by atoms with Crippen LogP contribution in [0, 0.1) is 0 Å². The van der Waals surface area contributed by atoms with Gasteiger partial charge in [0.15, 0.2) is 0 Å². The summed E-state index contributed by atoms with van der Waals surface area (Å²) in [5.74, 6) is 0. The van der Waals surface area contributed by atoms with Gasteiger partial charge in [-0.25, -0.2) is 0 Å². The third kappa shape index (κ3) is 2.24. The fraction of sp³-hybridized carbons (Fsp3) is 0.143. The van der Waals surface area contributed by atoms with Gasteiger partial charge in [-0.1, -0.05) is 49.4 Å². The highest BCUT2D eigenvalue weighted by Gasteiger charge is 2.00. The highest BCUT2D eigenvalue weighted by atomic mass is 32.1. The van der Waals surface area contributed by atoms with Crippen LogP contribution in [0.5, 0.6) is 0 Å². The van der Waals surface area contributed by atoms with Gasteiger partial charge in [0, 0.05) is 4.90 Å². The molecule has 1 heteroatoms. The second-order valence-electron chi connectivity index (χ2n) is 3.57. The zero-order valence-corrected chi connectivity index (χ0v) is 9.67. The van der Waals surface area contributed by atoms with Crippen LogP contribution in [0.15, 0.2) is 53.4 Å². The van der Waals surface area contributed by atoms with Gasteiger partial charge in [-0.05, 0) is 29.2 Å². The molecule has 2 aromatic rings. The molecule has 0 aliphatic carbocycles. The average molecular weight is 214 g/mol. The number of hydrogen-bond acceptors (Lipinski definition) is 1. The Morgan fingerprint density at radius 1 is 0.933 bits per heavy atom. The Morgan fingerprint density at radius 2 is 1.60 bits per heavy atom. The van der Waals surface area contributed by atoms with Crippen molar-refractivity contribution in [1.82, 2.24) is 0 Å².